The smallest absolute Gasteiger partial charge is 0.165 e. The Balaban J connectivity index is 2.73. The second-order valence-corrected chi connectivity index (χ2v) is 4.34. The molecule has 1 atom stereocenters. The van der Waals surface area contributed by atoms with Crippen molar-refractivity contribution in [3.05, 3.63) is 33.8 Å². The van der Waals surface area contributed by atoms with Crippen molar-refractivity contribution in [3.63, 3.8) is 0 Å². The van der Waals surface area contributed by atoms with Crippen molar-refractivity contribution in [2.75, 3.05) is 7.11 Å². The zero-order chi connectivity index (χ0) is 12.1. The molecule has 0 aliphatic rings. The molecule has 0 radical (unpaired) electrons. The Morgan fingerprint density at radius 1 is 1.38 bits per heavy atom. The van der Waals surface area contributed by atoms with Crippen LogP contribution < -0.4 is 0 Å². The molecule has 0 spiro atoms. The average molecular weight is 261 g/mol. The van der Waals surface area contributed by atoms with Gasteiger partial charge in [0, 0.05) is 13.5 Å². The summed E-state index contributed by atoms with van der Waals surface area (Å²) < 4.78 is 5.08. The molecule has 4 heteroatoms. The molecule has 0 heterocycles. The lowest BCUT2D eigenvalue weighted by Crippen LogP contribution is -2.23. The maximum atomic E-state index is 11.8. The minimum Gasteiger partial charge on any atom is -0.374 e. The van der Waals surface area contributed by atoms with Gasteiger partial charge in [-0.15, -0.1) is 0 Å². The minimum absolute atomic E-state index is 0.0587. The van der Waals surface area contributed by atoms with E-state index in [1.807, 2.05) is 6.92 Å². The molecule has 1 unspecified atom stereocenters. The Kier molecular flexibility index (Phi) is 5.26. The Bertz CT molecular complexity index is 373. The molecule has 1 aromatic rings. The standard InChI is InChI=1S/C12H14Cl2O2/c1-3-12(16-2)11(15)7-8-4-5-9(13)10(14)6-8/h4-6,12H,3,7H2,1-2H3. The Labute approximate surface area is 106 Å². The quantitative estimate of drug-likeness (QED) is 0.810. The van der Waals surface area contributed by atoms with Gasteiger partial charge in [-0.3, -0.25) is 4.79 Å². The number of carbonyl (C=O) groups excluding carboxylic acids is 1. The van der Waals surface area contributed by atoms with E-state index in [2.05, 4.69) is 0 Å². The molecular formula is C12H14Cl2O2. The number of benzene rings is 1. The first-order valence-electron chi connectivity index (χ1n) is 5.08. The second-order valence-electron chi connectivity index (χ2n) is 3.52. The lowest BCUT2D eigenvalue weighted by Gasteiger charge is -2.11. The number of ether oxygens (including phenoxy) is 1. The van der Waals surface area contributed by atoms with E-state index in [1.165, 1.54) is 0 Å². The molecule has 0 bridgehead atoms. The Morgan fingerprint density at radius 3 is 2.56 bits per heavy atom. The zero-order valence-corrected chi connectivity index (χ0v) is 10.8. The molecule has 0 aromatic heterocycles. The molecule has 0 saturated carbocycles. The molecule has 0 aliphatic heterocycles. The summed E-state index contributed by atoms with van der Waals surface area (Å²) in [6, 6.07) is 5.21. The van der Waals surface area contributed by atoms with Gasteiger partial charge in [0.05, 0.1) is 10.0 Å². The van der Waals surface area contributed by atoms with Crippen LogP contribution in [0, 0.1) is 0 Å². The summed E-state index contributed by atoms with van der Waals surface area (Å²) in [5, 5.41) is 0.967. The summed E-state index contributed by atoms with van der Waals surface area (Å²) in [6.45, 7) is 1.92. The van der Waals surface area contributed by atoms with Crippen molar-refractivity contribution in [1.29, 1.82) is 0 Å². The van der Waals surface area contributed by atoms with Crippen LogP contribution in [0.25, 0.3) is 0 Å². The van der Waals surface area contributed by atoms with Gasteiger partial charge >= 0.3 is 0 Å². The molecule has 0 N–H and O–H groups in total. The number of ketones is 1. The van der Waals surface area contributed by atoms with E-state index in [9.17, 15) is 4.79 Å². The summed E-state index contributed by atoms with van der Waals surface area (Å²) in [7, 11) is 1.54. The third kappa shape index (κ3) is 3.48. The van der Waals surface area contributed by atoms with Crippen LogP contribution in [0.4, 0.5) is 0 Å². The third-order valence-corrected chi connectivity index (χ3v) is 3.12. The summed E-state index contributed by atoms with van der Waals surface area (Å²) in [5.74, 6) is 0.0587. The monoisotopic (exact) mass is 260 g/mol. The number of rotatable bonds is 5. The molecule has 2 nitrogen and oxygen atoms in total. The van der Waals surface area contributed by atoms with E-state index < -0.39 is 0 Å². The van der Waals surface area contributed by atoms with Gasteiger partial charge in [-0.1, -0.05) is 36.2 Å². The van der Waals surface area contributed by atoms with E-state index in [0.717, 1.165) is 5.56 Å². The number of halogens is 2. The van der Waals surface area contributed by atoms with E-state index in [-0.39, 0.29) is 11.9 Å². The van der Waals surface area contributed by atoms with Crippen LogP contribution in [0.2, 0.25) is 10.0 Å². The lowest BCUT2D eigenvalue weighted by atomic mass is 10.0. The van der Waals surface area contributed by atoms with Crippen molar-refractivity contribution >= 4 is 29.0 Å². The number of methoxy groups -OCH3 is 1. The van der Waals surface area contributed by atoms with E-state index in [0.29, 0.717) is 22.9 Å². The van der Waals surface area contributed by atoms with Gasteiger partial charge in [0.2, 0.25) is 0 Å². The van der Waals surface area contributed by atoms with Crippen LogP contribution in [-0.2, 0) is 16.0 Å². The van der Waals surface area contributed by atoms with Gasteiger partial charge in [0.1, 0.15) is 6.10 Å². The van der Waals surface area contributed by atoms with Gasteiger partial charge < -0.3 is 4.74 Å². The molecule has 0 saturated heterocycles. The summed E-state index contributed by atoms with van der Waals surface area (Å²) in [6.07, 6.45) is 0.661. The van der Waals surface area contributed by atoms with E-state index in [1.54, 1.807) is 25.3 Å². The molecule has 0 fully saturated rings. The Hall–Kier alpha value is -0.570. The summed E-state index contributed by atoms with van der Waals surface area (Å²) in [4.78, 5) is 11.8. The fourth-order valence-corrected chi connectivity index (χ4v) is 1.81. The van der Waals surface area contributed by atoms with Gasteiger partial charge in [-0.25, -0.2) is 0 Å². The number of carbonyl (C=O) groups is 1. The predicted octanol–water partition coefficient (Wildman–Crippen LogP) is 3.53. The van der Waals surface area contributed by atoms with Crippen molar-refractivity contribution in [3.8, 4) is 0 Å². The molecule has 16 heavy (non-hydrogen) atoms. The summed E-state index contributed by atoms with van der Waals surface area (Å²) in [5.41, 5.74) is 0.856. The highest BCUT2D eigenvalue weighted by atomic mass is 35.5. The highest BCUT2D eigenvalue weighted by molar-refractivity contribution is 6.42. The third-order valence-electron chi connectivity index (χ3n) is 2.38. The number of Topliss-reactive ketones (excluding diaryl/α,β-unsaturated/α-hetero) is 1. The van der Waals surface area contributed by atoms with E-state index in [4.69, 9.17) is 27.9 Å². The van der Waals surface area contributed by atoms with Crippen LogP contribution in [-0.4, -0.2) is 19.0 Å². The average Bonchev–Trinajstić information content (AvgIpc) is 2.25. The van der Waals surface area contributed by atoms with Crippen LogP contribution >= 0.6 is 23.2 Å². The van der Waals surface area contributed by atoms with Gasteiger partial charge in [-0.05, 0) is 24.1 Å². The topological polar surface area (TPSA) is 26.3 Å². The number of hydrogen-bond acceptors (Lipinski definition) is 2. The first-order valence-corrected chi connectivity index (χ1v) is 5.83. The molecule has 0 aliphatic carbocycles. The molecular weight excluding hydrogens is 247 g/mol. The molecule has 1 aromatic carbocycles. The Morgan fingerprint density at radius 2 is 2.06 bits per heavy atom. The molecule has 1 rings (SSSR count). The van der Waals surface area contributed by atoms with Crippen molar-refractivity contribution < 1.29 is 9.53 Å². The molecule has 88 valence electrons. The van der Waals surface area contributed by atoms with Gasteiger partial charge in [-0.2, -0.15) is 0 Å². The second kappa shape index (κ2) is 6.24. The first-order chi connectivity index (χ1) is 7.58. The van der Waals surface area contributed by atoms with Crippen LogP contribution in [0.1, 0.15) is 18.9 Å². The van der Waals surface area contributed by atoms with Gasteiger partial charge in [0.25, 0.3) is 0 Å². The molecule has 0 amide bonds. The highest BCUT2D eigenvalue weighted by Gasteiger charge is 2.15. The fourth-order valence-electron chi connectivity index (χ4n) is 1.49. The SMILES string of the molecule is CCC(OC)C(=O)Cc1ccc(Cl)c(Cl)c1. The van der Waals surface area contributed by atoms with Crippen molar-refractivity contribution in [1.82, 2.24) is 0 Å². The first kappa shape index (κ1) is 13.5. The number of hydrogen-bond donors (Lipinski definition) is 0. The lowest BCUT2D eigenvalue weighted by molar-refractivity contribution is -0.128. The fraction of sp³-hybridized carbons (Fsp3) is 0.417. The maximum Gasteiger partial charge on any atom is 0.165 e. The normalized spacial score (nSPS) is 12.5. The van der Waals surface area contributed by atoms with Crippen molar-refractivity contribution in [2.45, 2.75) is 25.9 Å². The zero-order valence-electron chi connectivity index (χ0n) is 9.30. The summed E-state index contributed by atoms with van der Waals surface area (Å²) >= 11 is 11.7. The largest absolute Gasteiger partial charge is 0.374 e. The predicted molar refractivity (Wildman–Crippen MR) is 66.3 cm³/mol. The minimum atomic E-state index is -0.338. The van der Waals surface area contributed by atoms with Crippen LogP contribution in [0.3, 0.4) is 0 Å². The van der Waals surface area contributed by atoms with Crippen LogP contribution in [0.5, 0.6) is 0 Å². The van der Waals surface area contributed by atoms with E-state index >= 15 is 0 Å². The maximum absolute atomic E-state index is 11.8. The van der Waals surface area contributed by atoms with Crippen LogP contribution in [0.15, 0.2) is 18.2 Å². The van der Waals surface area contributed by atoms with Crippen molar-refractivity contribution in [2.24, 2.45) is 0 Å². The van der Waals surface area contributed by atoms with Gasteiger partial charge in [0.15, 0.2) is 5.78 Å². The highest BCUT2D eigenvalue weighted by Crippen LogP contribution is 2.23.